The number of Topliss-reactive ketones (excluding diaryl/α,β-unsaturated/α-hetero) is 1. The highest BCUT2D eigenvalue weighted by Gasteiger charge is 2.38. The van der Waals surface area contributed by atoms with Crippen LogP contribution in [0.3, 0.4) is 0 Å². The summed E-state index contributed by atoms with van der Waals surface area (Å²) in [5.41, 5.74) is 0.613. The predicted octanol–water partition coefficient (Wildman–Crippen LogP) is 3.16. The molecule has 0 spiro atoms. The fourth-order valence-corrected chi connectivity index (χ4v) is 1.43. The maximum Gasteiger partial charge on any atom is 0.450 e. The van der Waals surface area contributed by atoms with Crippen molar-refractivity contribution in [2.45, 2.75) is 12.6 Å². The molecule has 7 heteroatoms. The first-order chi connectivity index (χ1) is 7.86. The fraction of sp³-hybridized carbons (Fsp3) is 0.200. The Morgan fingerprint density at radius 2 is 2.12 bits per heavy atom. The summed E-state index contributed by atoms with van der Waals surface area (Å²) in [6, 6.07) is 4.44. The Bertz CT molecular complexity index is 576. The summed E-state index contributed by atoms with van der Waals surface area (Å²) < 4.78 is 41.0. The molecule has 1 aromatic heterocycles. The number of carbonyl (C=O) groups excluding carboxylic acids is 1. The summed E-state index contributed by atoms with van der Waals surface area (Å²) in [6.45, 7) is 0. The number of hydrogen-bond donors (Lipinski definition) is 0. The van der Waals surface area contributed by atoms with Crippen molar-refractivity contribution in [1.82, 2.24) is 4.98 Å². The van der Waals surface area contributed by atoms with Crippen LogP contribution in [0.1, 0.15) is 5.89 Å². The van der Waals surface area contributed by atoms with E-state index in [0.717, 1.165) is 0 Å². The number of rotatable bonds is 2. The summed E-state index contributed by atoms with van der Waals surface area (Å²) in [7, 11) is 0. The Labute approximate surface area is 98.2 Å². The molecule has 3 nitrogen and oxygen atoms in total. The monoisotopic (exact) mass is 263 g/mol. The van der Waals surface area contributed by atoms with E-state index in [9.17, 15) is 18.0 Å². The zero-order valence-electron chi connectivity index (χ0n) is 8.21. The Kier molecular flexibility index (Phi) is 2.82. The normalized spacial score (nSPS) is 12.0. The van der Waals surface area contributed by atoms with Crippen LogP contribution in [-0.2, 0) is 11.2 Å². The van der Waals surface area contributed by atoms with Crippen LogP contribution in [-0.4, -0.2) is 16.9 Å². The van der Waals surface area contributed by atoms with E-state index < -0.39 is 18.4 Å². The lowest BCUT2D eigenvalue weighted by atomic mass is 10.3. The lowest BCUT2D eigenvalue weighted by molar-refractivity contribution is -0.170. The van der Waals surface area contributed by atoms with Gasteiger partial charge in [-0.05, 0) is 18.2 Å². The standard InChI is InChI=1S/C10H5ClF3NO2/c11-5-1-2-7-6(3-5)15-9(17-7)4-8(16)10(12,13)14/h1-3H,4H2. The molecule has 0 aliphatic heterocycles. The van der Waals surface area contributed by atoms with Crippen LogP contribution in [0.4, 0.5) is 13.2 Å². The highest BCUT2D eigenvalue weighted by molar-refractivity contribution is 6.31. The van der Waals surface area contributed by atoms with Gasteiger partial charge >= 0.3 is 6.18 Å². The number of aromatic nitrogens is 1. The van der Waals surface area contributed by atoms with Gasteiger partial charge in [0.1, 0.15) is 5.52 Å². The van der Waals surface area contributed by atoms with Crippen LogP contribution in [0.2, 0.25) is 5.02 Å². The number of hydrogen-bond acceptors (Lipinski definition) is 3. The second kappa shape index (κ2) is 4.03. The molecule has 0 aliphatic carbocycles. The second-order valence-electron chi connectivity index (χ2n) is 3.32. The van der Waals surface area contributed by atoms with Crippen molar-refractivity contribution < 1.29 is 22.4 Å². The number of alkyl halides is 3. The maximum atomic E-state index is 12.0. The van der Waals surface area contributed by atoms with Crippen molar-refractivity contribution in [3.8, 4) is 0 Å². The minimum absolute atomic E-state index is 0.274. The summed E-state index contributed by atoms with van der Waals surface area (Å²) in [5, 5.41) is 0.388. The average Bonchev–Trinajstić information content (AvgIpc) is 2.57. The third-order valence-corrected chi connectivity index (χ3v) is 2.26. The van der Waals surface area contributed by atoms with Gasteiger partial charge < -0.3 is 4.42 Å². The van der Waals surface area contributed by atoms with Gasteiger partial charge in [0.05, 0.1) is 6.42 Å². The highest BCUT2D eigenvalue weighted by atomic mass is 35.5. The van der Waals surface area contributed by atoms with Gasteiger partial charge in [0, 0.05) is 5.02 Å². The van der Waals surface area contributed by atoms with E-state index in [2.05, 4.69) is 4.98 Å². The smallest absolute Gasteiger partial charge is 0.440 e. The van der Waals surface area contributed by atoms with Gasteiger partial charge in [0.2, 0.25) is 11.7 Å². The lowest BCUT2D eigenvalue weighted by Gasteiger charge is -2.01. The Morgan fingerprint density at radius 3 is 2.76 bits per heavy atom. The number of halogens is 4. The van der Waals surface area contributed by atoms with Gasteiger partial charge in [0.25, 0.3) is 0 Å². The molecule has 0 saturated heterocycles. The molecule has 17 heavy (non-hydrogen) atoms. The Balaban J connectivity index is 2.29. The second-order valence-corrected chi connectivity index (χ2v) is 3.75. The van der Waals surface area contributed by atoms with Crippen LogP contribution >= 0.6 is 11.6 Å². The molecule has 0 amide bonds. The zero-order valence-corrected chi connectivity index (χ0v) is 8.97. The molecule has 0 aliphatic rings. The van der Waals surface area contributed by atoms with Gasteiger partial charge in [-0.15, -0.1) is 0 Å². The maximum absolute atomic E-state index is 12.0. The van der Waals surface area contributed by atoms with Crippen LogP contribution in [0.25, 0.3) is 11.1 Å². The van der Waals surface area contributed by atoms with E-state index in [-0.39, 0.29) is 5.89 Å². The van der Waals surface area contributed by atoms with E-state index in [1.54, 1.807) is 0 Å². The summed E-state index contributed by atoms with van der Waals surface area (Å²) in [5.74, 6) is -2.17. The van der Waals surface area contributed by atoms with Gasteiger partial charge in [-0.3, -0.25) is 4.79 Å². The third-order valence-electron chi connectivity index (χ3n) is 2.02. The van der Waals surface area contributed by atoms with E-state index in [1.807, 2.05) is 0 Å². The van der Waals surface area contributed by atoms with Crippen molar-refractivity contribution in [1.29, 1.82) is 0 Å². The molecule has 2 rings (SSSR count). The van der Waals surface area contributed by atoms with Gasteiger partial charge in [-0.25, -0.2) is 4.98 Å². The molecule has 0 radical (unpaired) electrons. The molecule has 1 aromatic carbocycles. The largest absolute Gasteiger partial charge is 0.450 e. The number of oxazole rings is 1. The quantitative estimate of drug-likeness (QED) is 0.836. The van der Waals surface area contributed by atoms with Gasteiger partial charge in [-0.1, -0.05) is 11.6 Å². The number of carbonyl (C=O) groups is 1. The Hall–Kier alpha value is -1.56. The molecule has 0 atom stereocenters. The van der Waals surface area contributed by atoms with E-state index in [4.69, 9.17) is 16.0 Å². The SMILES string of the molecule is O=C(Cc1nc2cc(Cl)ccc2o1)C(F)(F)F. The highest BCUT2D eigenvalue weighted by Crippen LogP contribution is 2.23. The minimum atomic E-state index is -4.88. The van der Waals surface area contributed by atoms with Crippen molar-refractivity contribution in [3.63, 3.8) is 0 Å². The third kappa shape index (κ3) is 2.58. The first-order valence-electron chi connectivity index (χ1n) is 4.51. The summed E-state index contributed by atoms with van der Waals surface area (Å²) >= 11 is 5.68. The van der Waals surface area contributed by atoms with Crippen molar-refractivity contribution >= 4 is 28.5 Å². The molecule has 90 valence electrons. The lowest BCUT2D eigenvalue weighted by Crippen LogP contribution is -2.24. The predicted molar refractivity (Wildman–Crippen MR) is 53.8 cm³/mol. The van der Waals surface area contributed by atoms with Crippen LogP contribution in [0.15, 0.2) is 22.6 Å². The molecule has 0 bridgehead atoms. The zero-order chi connectivity index (χ0) is 12.6. The molecule has 2 aromatic rings. The first-order valence-corrected chi connectivity index (χ1v) is 4.89. The van der Waals surface area contributed by atoms with Crippen LogP contribution < -0.4 is 0 Å². The number of nitrogens with zero attached hydrogens (tertiary/aromatic N) is 1. The minimum Gasteiger partial charge on any atom is -0.440 e. The first kappa shape index (κ1) is 11.9. The topological polar surface area (TPSA) is 43.1 Å². The van der Waals surface area contributed by atoms with E-state index in [1.165, 1.54) is 18.2 Å². The average molecular weight is 264 g/mol. The van der Waals surface area contributed by atoms with Crippen molar-refractivity contribution in [3.05, 3.63) is 29.1 Å². The number of benzene rings is 1. The van der Waals surface area contributed by atoms with E-state index >= 15 is 0 Å². The summed E-state index contributed by atoms with van der Waals surface area (Å²) in [4.78, 5) is 14.5. The van der Waals surface area contributed by atoms with Crippen LogP contribution in [0.5, 0.6) is 0 Å². The molecular formula is C10H5ClF3NO2. The van der Waals surface area contributed by atoms with Crippen molar-refractivity contribution in [2.24, 2.45) is 0 Å². The number of ketones is 1. The number of fused-ring (bicyclic) bond motifs is 1. The van der Waals surface area contributed by atoms with E-state index in [0.29, 0.717) is 16.1 Å². The molecule has 0 saturated carbocycles. The van der Waals surface area contributed by atoms with Gasteiger partial charge in [0.15, 0.2) is 5.58 Å². The fourth-order valence-electron chi connectivity index (χ4n) is 1.26. The van der Waals surface area contributed by atoms with Crippen molar-refractivity contribution in [2.75, 3.05) is 0 Å². The van der Waals surface area contributed by atoms with Gasteiger partial charge in [-0.2, -0.15) is 13.2 Å². The molecular weight excluding hydrogens is 259 g/mol. The van der Waals surface area contributed by atoms with Crippen LogP contribution in [0, 0.1) is 0 Å². The Morgan fingerprint density at radius 1 is 1.41 bits per heavy atom. The molecule has 0 fully saturated rings. The molecule has 0 N–H and O–H groups in total. The summed E-state index contributed by atoms with van der Waals surface area (Å²) in [6.07, 6.45) is -5.78. The molecule has 0 unspecified atom stereocenters. The molecule has 1 heterocycles.